The summed E-state index contributed by atoms with van der Waals surface area (Å²) in [5, 5.41) is 24.0. The maximum Gasteiger partial charge on any atom is 0.470 e. The molecule has 1 amide bonds. The van der Waals surface area contributed by atoms with Crippen LogP contribution in [0.1, 0.15) is 259 Å². The van der Waals surface area contributed by atoms with Gasteiger partial charge >= 0.3 is 25.7 Å². The van der Waals surface area contributed by atoms with Gasteiger partial charge in [-0.3, -0.25) is 23.7 Å². The van der Waals surface area contributed by atoms with Crippen LogP contribution in [0.2, 0.25) is 0 Å². The van der Waals surface area contributed by atoms with Gasteiger partial charge in [-0.2, -0.15) is 0 Å². The van der Waals surface area contributed by atoms with Crippen molar-refractivity contribution in [2.24, 2.45) is 0 Å². The van der Waals surface area contributed by atoms with E-state index < -0.39 is 87.5 Å². The second-order valence-electron chi connectivity index (χ2n) is 19.3. The first kappa shape index (κ1) is 63.9. The maximum absolute atomic E-state index is 13.9. The molecule has 1 saturated heterocycles. The molecule has 0 saturated carbocycles. The number of esters is 3. The van der Waals surface area contributed by atoms with E-state index in [0.717, 1.165) is 116 Å². The molecule has 68 heavy (non-hydrogen) atoms. The van der Waals surface area contributed by atoms with Crippen LogP contribution >= 0.6 is 7.82 Å². The lowest BCUT2D eigenvalue weighted by atomic mass is 9.96. The fraction of sp³-hybridized carbons (Fsp3) is 0.923. The summed E-state index contributed by atoms with van der Waals surface area (Å²) in [6.45, 7) is 7.77. The number of aliphatic hydroxyl groups excluding tert-OH is 2. The van der Waals surface area contributed by atoms with Crippen LogP contribution in [-0.2, 0) is 47.2 Å². The first-order valence-electron chi connectivity index (χ1n) is 27.3. The van der Waals surface area contributed by atoms with Crippen molar-refractivity contribution in [1.29, 1.82) is 0 Å². The van der Waals surface area contributed by atoms with Crippen LogP contribution in [0, 0.1) is 0 Å². The zero-order valence-electron chi connectivity index (χ0n) is 43.0. The fourth-order valence-electron chi connectivity index (χ4n) is 8.84. The topological polar surface area (TPSA) is 224 Å². The monoisotopic (exact) mass is 992 g/mol. The number of carbonyl (C=O) groups is 4. The van der Waals surface area contributed by atoms with Gasteiger partial charge in [0.25, 0.3) is 0 Å². The molecule has 0 bridgehead atoms. The number of carbonyl (C=O) groups excluding carboxylic acids is 4. The molecule has 15 nitrogen and oxygen atoms in total. The molecule has 1 heterocycles. The fourth-order valence-corrected chi connectivity index (χ4v) is 9.42. The highest BCUT2D eigenvalue weighted by molar-refractivity contribution is 7.46. The van der Waals surface area contributed by atoms with Gasteiger partial charge in [0.05, 0.1) is 19.4 Å². The van der Waals surface area contributed by atoms with Crippen molar-refractivity contribution in [3.8, 4) is 0 Å². The van der Waals surface area contributed by atoms with Crippen LogP contribution in [0.25, 0.3) is 0 Å². The molecule has 0 unspecified atom stereocenters. The number of aliphatic hydroxyl groups is 2. The summed E-state index contributed by atoms with van der Waals surface area (Å²) in [6, 6.07) is -1.62. The van der Waals surface area contributed by atoms with E-state index in [1.165, 1.54) is 51.4 Å². The zero-order valence-corrected chi connectivity index (χ0v) is 43.9. The van der Waals surface area contributed by atoms with Gasteiger partial charge in [0, 0.05) is 12.8 Å². The van der Waals surface area contributed by atoms with Gasteiger partial charge in [0.1, 0.15) is 30.5 Å². The van der Waals surface area contributed by atoms with E-state index in [1.807, 2.05) is 0 Å². The van der Waals surface area contributed by atoms with Crippen LogP contribution in [-0.4, -0.2) is 93.3 Å². The molecule has 0 radical (unpaired) electrons. The van der Waals surface area contributed by atoms with Crippen molar-refractivity contribution in [3.63, 3.8) is 0 Å². The Morgan fingerprint density at radius 2 is 0.897 bits per heavy atom. The summed E-state index contributed by atoms with van der Waals surface area (Å²) >= 11 is 0. The van der Waals surface area contributed by atoms with Crippen LogP contribution in [0.4, 0.5) is 0 Å². The first-order chi connectivity index (χ1) is 32.8. The Morgan fingerprint density at radius 1 is 0.529 bits per heavy atom. The Hall–Kier alpha value is -2.13. The van der Waals surface area contributed by atoms with Crippen LogP contribution in [0.15, 0.2) is 0 Å². The van der Waals surface area contributed by atoms with Gasteiger partial charge in [0.15, 0.2) is 12.4 Å². The molecule has 0 aromatic rings. The summed E-state index contributed by atoms with van der Waals surface area (Å²) in [5.74, 6) is -2.48. The number of ether oxygens (including phenoxy) is 4. The Kier molecular flexibility index (Phi) is 39.0. The molecule has 1 aliphatic heterocycles. The van der Waals surface area contributed by atoms with Crippen molar-refractivity contribution in [3.05, 3.63) is 0 Å². The Morgan fingerprint density at radius 3 is 1.28 bits per heavy atom. The van der Waals surface area contributed by atoms with E-state index in [1.54, 1.807) is 0 Å². The number of nitrogens with one attached hydrogen (secondary N) is 1. The minimum Gasteiger partial charge on any atom is -0.462 e. The third-order valence-corrected chi connectivity index (χ3v) is 13.3. The highest BCUT2D eigenvalue weighted by Crippen LogP contribution is 2.42. The maximum atomic E-state index is 13.9. The van der Waals surface area contributed by atoms with E-state index in [-0.39, 0.29) is 19.3 Å². The summed E-state index contributed by atoms with van der Waals surface area (Å²) in [4.78, 5) is 73.6. The Balaban J connectivity index is 3.22. The summed E-state index contributed by atoms with van der Waals surface area (Å²) < 4.78 is 40.4. The quantitative estimate of drug-likeness (QED) is 0.0166. The second-order valence-corrected chi connectivity index (χ2v) is 20.4. The minimum atomic E-state index is -5.33. The smallest absolute Gasteiger partial charge is 0.462 e. The van der Waals surface area contributed by atoms with E-state index in [0.29, 0.717) is 38.5 Å². The van der Waals surface area contributed by atoms with Crippen molar-refractivity contribution in [2.75, 3.05) is 6.61 Å². The SMILES string of the molecule is CCCCCCCCCCC[C@H](CC(=O)N[C@@H]1[C@@H](OC(=O)C[C@@H](CCCCCCCCCCC)OC(=O)CCCCCCCC)[C@H](OP(=O)(O)O)[C@@H](CO)O[C@H]1O)OC(=O)CCCCCCCC. The van der Waals surface area contributed by atoms with Crippen molar-refractivity contribution in [1.82, 2.24) is 5.32 Å². The normalized spacial score (nSPS) is 19.3. The average molecular weight is 992 g/mol. The number of amides is 1. The van der Waals surface area contributed by atoms with Crippen LogP contribution in [0.3, 0.4) is 0 Å². The van der Waals surface area contributed by atoms with Crippen molar-refractivity contribution < 1.29 is 67.2 Å². The first-order valence-corrected chi connectivity index (χ1v) is 28.9. The number of phosphoric acid groups is 1. The van der Waals surface area contributed by atoms with Crippen molar-refractivity contribution >= 4 is 31.6 Å². The molecular weight excluding hydrogens is 894 g/mol. The van der Waals surface area contributed by atoms with E-state index in [4.69, 9.17) is 23.5 Å². The lowest BCUT2D eigenvalue weighted by molar-refractivity contribution is -0.256. The van der Waals surface area contributed by atoms with E-state index >= 15 is 0 Å². The number of hydrogen-bond acceptors (Lipinski definition) is 12. The zero-order chi connectivity index (χ0) is 50.3. The molecule has 16 heteroatoms. The number of phosphoric ester groups is 1. The standard InChI is InChI=1S/C52H98NO14P/c1-5-9-13-17-21-23-25-27-31-35-42(63-46(56)37-33-29-19-15-11-7-3)39-45(55)53-49-51(50(67-68(60,61)62)44(41-54)65-52(49)59)66-48(58)40-43(36-32-28-26-24-22-18-14-10-6-2)64-47(57)38-34-30-20-16-12-8-4/h42-44,49-52,54,59H,5-41H2,1-4H3,(H,53,55)(H2,60,61,62)/t42-,43-,44-,49-,50-,51-,52-/m1/s1. The molecule has 1 fully saturated rings. The van der Waals surface area contributed by atoms with Crippen LogP contribution < -0.4 is 5.32 Å². The predicted molar refractivity (Wildman–Crippen MR) is 265 cm³/mol. The molecule has 7 atom stereocenters. The predicted octanol–water partition coefficient (Wildman–Crippen LogP) is 11.5. The average Bonchev–Trinajstić information content (AvgIpc) is 3.29. The molecule has 0 spiro atoms. The second kappa shape index (κ2) is 41.5. The molecule has 0 aromatic heterocycles. The molecule has 1 aliphatic rings. The number of rotatable bonds is 45. The third kappa shape index (κ3) is 33.5. The highest BCUT2D eigenvalue weighted by atomic mass is 31.2. The molecular formula is C52H98NO14P. The van der Waals surface area contributed by atoms with Gasteiger partial charge < -0.3 is 44.3 Å². The van der Waals surface area contributed by atoms with Gasteiger partial charge in [-0.25, -0.2) is 4.57 Å². The molecule has 400 valence electrons. The van der Waals surface area contributed by atoms with Gasteiger partial charge in [-0.1, -0.05) is 195 Å². The molecule has 0 aromatic carbocycles. The third-order valence-electron chi connectivity index (χ3n) is 12.8. The van der Waals surface area contributed by atoms with Gasteiger partial charge in [0.2, 0.25) is 5.91 Å². The van der Waals surface area contributed by atoms with Crippen molar-refractivity contribution in [2.45, 2.75) is 302 Å². The van der Waals surface area contributed by atoms with E-state index in [2.05, 4.69) is 33.0 Å². The number of hydrogen-bond donors (Lipinski definition) is 5. The summed E-state index contributed by atoms with van der Waals surface area (Å²) in [6.07, 6.45) is 23.0. The minimum absolute atomic E-state index is 0.195. The van der Waals surface area contributed by atoms with Gasteiger partial charge in [-0.15, -0.1) is 0 Å². The Bertz CT molecular complexity index is 1330. The summed E-state index contributed by atoms with van der Waals surface area (Å²) in [5.41, 5.74) is 0. The molecule has 0 aliphatic carbocycles. The molecule has 5 N–H and O–H groups in total. The summed E-state index contributed by atoms with van der Waals surface area (Å²) in [7, 11) is -5.33. The number of unbranched alkanes of at least 4 members (excludes halogenated alkanes) is 26. The lowest BCUT2D eigenvalue weighted by Gasteiger charge is -2.43. The molecule has 1 rings (SSSR count). The highest BCUT2D eigenvalue weighted by Gasteiger charge is 2.51. The largest absolute Gasteiger partial charge is 0.470 e. The van der Waals surface area contributed by atoms with E-state index in [9.17, 15) is 43.7 Å². The van der Waals surface area contributed by atoms with Gasteiger partial charge in [-0.05, 0) is 38.5 Å². The Labute approximate surface area is 411 Å². The van der Waals surface area contributed by atoms with Crippen LogP contribution in [0.5, 0.6) is 0 Å². The lowest BCUT2D eigenvalue weighted by Crippen LogP contribution is -2.65.